The number of hydrogen-bond donors (Lipinski definition) is 0. The highest BCUT2D eigenvalue weighted by Gasteiger charge is 2.13. The molecule has 0 aliphatic rings. The van der Waals surface area contributed by atoms with Crippen LogP contribution in [0.15, 0.2) is 37.9 Å². The number of benzene rings is 1. The lowest BCUT2D eigenvalue weighted by atomic mass is 9.86. The first-order chi connectivity index (χ1) is 10.4. The summed E-state index contributed by atoms with van der Waals surface area (Å²) in [4.78, 5) is 0. The Morgan fingerprint density at radius 1 is 1.00 bits per heavy atom. The summed E-state index contributed by atoms with van der Waals surface area (Å²) in [7, 11) is 0. The first-order valence-electron chi connectivity index (χ1n) is 8.54. The summed E-state index contributed by atoms with van der Waals surface area (Å²) in [6.07, 6.45) is 6.20. The normalized spacial score (nSPS) is 12.0. The van der Waals surface area contributed by atoms with Crippen molar-refractivity contribution in [1.82, 2.24) is 0 Å². The van der Waals surface area contributed by atoms with Crippen LogP contribution in [0, 0.1) is 5.92 Å². The lowest BCUT2D eigenvalue weighted by Gasteiger charge is -2.19. The van der Waals surface area contributed by atoms with Crippen LogP contribution >= 0.6 is 0 Å². The summed E-state index contributed by atoms with van der Waals surface area (Å²) >= 11 is 0. The van der Waals surface area contributed by atoms with Gasteiger partial charge in [-0.15, -0.1) is 0 Å². The molecule has 0 aromatic heterocycles. The second kappa shape index (κ2) is 8.78. The molecule has 1 rings (SSSR count). The van der Waals surface area contributed by atoms with Gasteiger partial charge in [0.2, 0.25) is 0 Å². The van der Waals surface area contributed by atoms with Gasteiger partial charge in [0.05, 0.1) is 0 Å². The van der Waals surface area contributed by atoms with E-state index in [4.69, 9.17) is 0 Å². The third-order valence-corrected chi connectivity index (χ3v) is 4.43. The van der Waals surface area contributed by atoms with Crippen LogP contribution in [-0.2, 0) is 0 Å². The summed E-state index contributed by atoms with van der Waals surface area (Å²) < 4.78 is 0. The van der Waals surface area contributed by atoms with Crippen molar-refractivity contribution in [2.24, 2.45) is 5.92 Å². The quantitative estimate of drug-likeness (QED) is 0.446. The molecule has 1 unspecified atom stereocenters. The van der Waals surface area contributed by atoms with Crippen LogP contribution in [0.3, 0.4) is 0 Å². The third-order valence-electron chi connectivity index (χ3n) is 4.43. The van der Waals surface area contributed by atoms with Crippen LogP contribution in [-0.4, -0.2) is 0 Å². The number of allylic oxidation sites excluding steroid dienone is 3. The van der Waals surface area contributed by atoms with Gasteiger partial charge in [-0.2, -0.15) is 0 Å². The molecule has 0 nitrogen and oxygen atoms in total. The highest BCUT2D eigenvalue weighted by molar-refractivity contribution is 5.80. The molecule has 22 heavy (non-hydrogen) atoms. The van der Waals surface area contributed by atoms with Gasteiger partial charge in [-0.3, -0.25) is 0 Å². The zero-order valence-corrected chi connectivity index (χ0v) is 15.0. The van der Waals surface area contributed by atoms with Crippen molar-refractivity contribution >= 4 is 16.7 Å². The van der Waals surface area contributed by atoms with Gasteiger partial charge >= 0.3 is 0 Å². The first-order valence-corrected chi connectivity index (χ1v) is 8.54. The molecule has 0 N–H and O–H groups in total. The fourth-order valence-corrected chi connectivity index (χ4v) is 2.87. The Balaban J connectivity index is 3.01. The standard InChI is InChI=1S/C22H32/c1-8-10-11-19(9-2)14-18(7)21-13-12-20(16(3)4)15-22(21)17(5)6/h12-13,15,19H,3,5,7-11,14H2,1-2,4,6H3. The Bertz CT molecular complexity index is 545. The maximum Gasteiger partial charge on any atom is -0.0152 e. The second-order valence-electron chi connectivity index (χ2n) is 6.55. The van der Waals surface area contributed by atoms with Gasteiger partial charge in [0, 0.05) is 0 Å². The van der Waals surface area contributed by atoms with Gasteiger partial charge < -0.3 is 0 Å². The van der Waals surface area contributed by atoms with E-state index in [0.717, 1.165) is 23.5 Å². The van der Waals surface area contributed by atoms with Crippen molar-refractivity contribution in [3.63, 3.8) is 0 Å². The van der Waals surface area contributed by atoms with Crippen molar-refractivity contribution in [3.8, 4) is 0 Å². The Morgan fingerprint density at radius 3 is 2.18 bits per heavy atom. The van der Waals surface area contributed by atoms with Gasteiger partial charge in [-0.25, -0.2) is 0 Å². The zero-order valence-electron chi connectivity index (χ0n) is 15.0. The highest BCUT2D eigenvalue weighted by atomic mass is 14.2. The van der Waals surface area contributed by atoms with Crippen molar-refractivity contribution in [2.45, 2.75) is 59.8 Å². The predicted molar refractivity (Wildman–Crippen MR) is 103 cm³/mol. The molecule has 0 bridgehead atoms. The summed E-state index contributed by atoms with van der Waals surface area (Å²) in [6, 6.07) is 6.56. The summed E-state index contributed by atoms with van der Waals surface area (Å²) in [5, 5.41) is 0. The van der Waals surface area contributed by atoms with Gasteiger partial charge in [-0.1, -0.05) is 82.5 Å². The monoisotopic (exact) mass is 296 g/mol. The minimum atomic E-state index is 0.742. The topological polar surface area (TPSA) is 0 Å². The predicted octanol–water partition coefficient (Wildman–Crippen LogP) is 7.37. The second-order valence-corrected chi connectivity index (χ2v) is 6.55. The van der Waals surface area contributed by atoms with Crippen LogP contribution in [0.2, 0.25) is 0 Å². The SMILES string of the molecule is C=C(C)c1ccc(C(=C)CC(CC)CCCC)c(C(=C)C)c1. The van der Waals surface area contributed by atoms with Crippen LogP contribution in [0.25, 0.3) is 16.7 Å². The first kappa shape index (κ1) is 18.5. The summed E-state index contributed by atoms with van der Waals surface area (Å²) in [5.74, 6) is 0.742. The highest BCUT2D eigenvalue weighted by Crippen LogP contribution is 2.32. The van der Waals surface area contributed by atoms with Crippen LogP contribution in [0.5, 0.6) is 0 Å². The third kappa shape index (κ3) is 5.02. The molecule has 0 spiro atoms. The Kier molecular flexibility index (Phi) is 7.38. The molecule has 0 aliphatic heterocycles. The Morgan fingerprint density at radius 2 is 1.68 bits per heavy atom. The number of rotatable bonds is 9. The van der Waals surface area contributed by atoms with Crippen LogP contribution < -0.4 is 0 Å². The van der Waals surface area contributed by atoms with Crippen LogP contribution in [0.4, 0.5) is 0 Å². The molecule has 0 aliphatic carbocycles. The van der Waals surface area contributed by atoms with E-state index in [1.165, 1.54) is 47.9 Å². The van der Waals surface area contributed by atoms with E-state index in [9.17, 15) is 0 Å². The minimum absolute atomic E-state index is 0.742. The molecule has 0 radical (unpaired) electrons. The average molecular weight is 296 g/mol. The molecule has 0 heteroatoms. The van der Waals surface area contributed by atoms with E-state index in [0.29, 0.717) is 0 Å². The molecule has 0 amide bonds. The molecule has 1 aromatic rings. The summed E-state index contributed by atoms with van der Waals surface area (Å²) in [6.45, 7) is 21.2. The van der Waals surface area contributed by atoms with E-state index < -0.39 is 0 Å². The average Bonchev–Trinajstić information content (AvgIpc) is 2.50. The van der Waals surface area contributed by atoms with E-state index in [1.54, 1.807) is 0 Å². The van der Waals surface area contributed by atoms with Crippen molar-refractivity contribution in [2.75, 3.05) is 0 Å². The van der Waals surface area contributed by atoms with Crippen LogP contribution in [0.1, 0.15) is 76.5 Å². The van der Waals surface area contributed by atoms with E-state index in [1.807, 2.05) is 6.92 Å². The van der Waals surface area contributed by atoms with E-state index >= 15 is 0 Å². The number of hydrogen-bond acceptors (Lipinski definition) is 0. The smallest absolute Gasteiger partial charge is 0.0152 e. The molecule has 1 aromatic carbocycles. The maximum atomic E-state index is 4.37. The van der Waals surface area contributed by atoms with Gasteiger partial charge in [0.15, 0.2) is 0 Å². The van der Waals surface area contributed by atoms with Crippen molar-refractivity contribution in [1.29, 1.82) is 0 Å². The Hall–Kier alpha value is -1.56. The largest absolute Gasteiger partial charge is 0.0955 e. The maximum absolute atomic E-state index is 4.37. The molecule has 1 atom stereocenters. The summed E-state index contributed by atoms with van der Waals surface area (Å²) in [5.41, 5.74) is 7.10. The molecule has 0 fully saturated rings. The van der Waals surface area contributed by atoms with Gasteiger partial charge in [-0.05, 0) is 54.5 Å². The van der Waals surface area contributed by atoms with Gasteiger partial charge in [0.25, 0.3) is 0 Å². The Labute approximate surface area is 137 Å². The van der Waals surface area contributed by atoms with Gasteiger partial charge in [0.1, 0.15) is 0 Å². The van der Waals surface area contributed by atoms with E-state index in [2.05, 4.69) is 58.7 Å². The fourth-order valence-electron chi connectivity index (χ4n) is 2.87. The molecule has 120 valence electrons. The zero-order chi connectivity index (χ0) is 16.7. The molecule has 0 saturated carbocycles. The van der Waals surface area contributed by atoms with Crippen molar-refractivity contribution < 1.29 is 0 Å². The minimum Gasteiger partial charge on any atom is -0.0955 e. The molecule has 0 saturated heterocycles. The fraction of sp³-hybridized carbons (Fsp3) is 0.455. The number of unbranched alkanes of at least 4 members (excludes halogenated alkanes) is 1. The lowest BCUT2D eigenvalue weighted by Crippen LogP contribution is -2.02. The lowest BCUT2D eigenvalue weighted by molar-refractivity contribution is 0.462. The van der Waals surface area contributed by atoms with E-state index in [-0.39, 0.29) is 0 Å². The van der Waals surface area contributed by atoms with Crippen molar-refractivity contribution in [3.05, 3.63) is 54.6 Å². The molecular formula is C22H32. The molecule has 0 heterocycles. The molecular weight excluding hydrogens is 264 g/mol.